The normalized spacial score (nSPS) is 13.9. The molecule has 0 bridgehead atoms. The Morgan fingerprint density at radius 3 is 2.30 bits per heavy atom. The Morgan fingerprint density at radius 2 is 1.61 bits per heavy atom. The number of rotatable bonds is 5. The van der Waals surface area contributed by atoms with Crippen LogP contribution in [0.4, 0.5) is 17.2 Å². The Bertz CT molecular complexity index is 1240. The number of hydrogen-bond acceptors (Lipinski definition) is 5. The molecule has 0 N–H and O–H groups in total. The molecular formula is C26H27N5O2. The van der Waals surface area contributed by atoms with E-state index >= 15 is 0 Å². The van der Waals surface area contributed by atoms with Gasteiger partial charge in [-0.15, -0.1) is 0 Å². The summed E-state index contributed by atoms with van der Waals surface area (Å²) < 4.78 is 7.34. The van der Waals surface area contributed by atoms with Gasteiger partial charge in [0.05, 0.1) is 12.7 Å². The number of amides is 1. The number of anilines is 3. The molecule has 7 nitrogen and oxygen atoms in total. The van der Waals surface area contributed by atoms with E-state index in [1.54, 1.807) is 19.5 Å². The fraction of sp³-hybridized carbons (Fsp3) is 0.231. The van der Waals surface area contributed by atoms with Gasteiger partial charge in [0.2, 0.25) is 0 Å². The van der Waals surface area contributed by atoms with Crippen LogP contribution >= 0.6 is 0 Å². The molecule has 0 unspecified atom stereocenters. The first kappa shape index (κ1) is 20.9. The van der Waals surface area contributed by atoms with Crippen molar-refractivity contribution in [3.8, 4) is 5.75 Å². The number of methoxy groups -OCH3 is 1. The Morgan fingerprint density at radius 1 is 0.909 bits per heavy atom. The first-order valence-corrected chi connectivity index (χ1v) is 11.1. The van der Waals surface area contributed by atoms with Gasteiger partial charge >= 0.3 is 0 Å². The number of aromatic nitrogens is 2. The lowest BCUT2D eigenvalue weighted by atomic mass is 10.2. The highest BCUT2D eigenvalue weighted by molar-refractivity contribution is 5.94. The molecule has 0 spiro atoms. The van der Waals surface area contributed by atoms with Crippen LogP contribution in [0, 0.1) is 0 Å². The minimum Gasteiger partial charge on any atom is -0.497 e. The van der Waals surface area contributed by atoms with Crippen molar-refractivity contribution in [1.82, 2.24) is 14.3 Å². The van der Waals surface area contributed by atoms with Gasteiger partial charge in [-0.2, -0.15) is 0 Å². The average molecular weight is 442 g/mol. The van der Waals surface area contributed by atoms with Gasteiger partial charge in [0.25, 0.3) is 5.91 Å². The van der Waals surface area contributed by atoms with Gasteiger partial charge in [-0.25, -0.2) is 0 Å². The van der Waals surface area contributed by atoms with Crippen LogP contribution in [0.25, 0.3) is 5.52 Å². The fourth-order valence-electron chi connectivity index (χ4n) is 4.33. The SMILES string of the molecule is COc1ccc(N(C)c2ccc3ccc(C(=O)N4CCN(c5ccncc5)CC4)cn23)cc1. The van der Waals surface area contributed by atoms with Crippen molar-refractivity contribution in [3.63, 3.8) is 0 Å². The van der Waals surface area contributed by atoms with Crippen molar-refractivity contribution in [1.29, 1.82) is 0 Å². The Kier molecular flexibility index (Phi) is 5.60. The maximum atomic E-state index is 13.3. The summed E-state index contributed by atoms with van der Waals surface area (Å²) >= 11 is 0. The number of piperazine rings is 1. The summed E-state index contributed by atoms with van der Waals surface area (Å²) in [5.41, 5.74) is 3.93. The highest BCUT2D eigenvalue weighted by Crippen LogP contribution is 2.28. The molecule has 1 aliphatic heterocycles. The zero-order chi connectivity index (χ0) is 22.8. The molecule has 1 fully saturated rings. The van der Waals surface area contributed by atoms with Crippen molar-refractivity contribution in [2.45, 2.75) is 0 Å². The number of carbonyl (C=O) groups is 1. The second-order valence-corrected chi connectivity index (χ2v) is 8.15. The number of fused-ring (bicyclic) bond motifs is 1. The quantitative estimate of drug-likeness (QED) is 0.467. The molecule has 1 amide bonds. The zero-order valence-electron chi connectivity index (χ0n) is 18.9. The average Bonchev–Trinajstić information content (AvgIpc) is 3.32. The Balaban J connectivity index is 1.34. The van der Waals surface area contributed by atoms with Crippen LogP contribution in [0.5, 0.6) is 5.75 Å². The van der Waals surface area contributed by atoms with E-state index in [0.29, 0.717) is 18.7 Å². The molecule has 0 atom stereocenters. The summed E-state index contributed by atoms with van der Waals surface area (Å²) in [5.74, 6) is 1.88. The largest absolute Gasteiger partial charge is 0.497 e. The third kappa shape index (κ3) is 4.09. The summed E-state index contributed by atoms with van der Waals surface area (Å²) in [5, 5.41) is 0. The van der Waals surface area contributed by atoms with E-state index in [-0.39, 0.29) is 5.91 Å². The molecule has 168 valence electrons. The summed E-state index contributed by atoms with van der Waals surface area (Å²) in [4.78, 5) is 23.7. The molecule has 1 saturated heterocycles. The lowest BCUT2D eigenvalue weighted by molar-refractivity contribution is 0.0746. The maximum Gasteiger partial charge on any atom is 0.255 e. The van der Waals surface area contributed by atoms with Gasteiger partial charge in [-0.3, -0.25) is 9.78 Å². The molecule has 0 radical (unpaired) electrons. The molecule has 1 aliphatic rings. The lowest BCUT2D eigenvalue weighted by Crippen LogP contribution is -2.48. The second-order valence-electron chi connectivity index (χ2n) is 8.15. The smallest absolute Gasteiger partial charge is 0.255 e. The van der Waals surface area contributed by atoms with Gasteiger partial charge in [0, 0.05) is 68.7 Å². The van der Waals surface area contributed by atoms with Crippen LogP contribution in [-0.4, -0.2) is 60.5 Å². The van der Waals surface area contributed by atoms with Crippen molar-refractivity contribution >= 4 is 28.6 Å². The van der Waals surface area contributed by atoms with E-state index in [2.05, 4.69) is 31.3 Å². The molecule has 4 heterocycles. The van der Waals surface area contributed by atoms with Crippen molar-refractivity contribution in [3.05, 3.63) is 84.8 Å². The van der Waals surface area contributed by atoms with Gasteiger partial charge in [-0.1, -0.05) is 0 Å². The second kappa shape index (κ2) is 8.86. The summed E-state index contributed by atoms with van der Waals surface area (Å²) in [6.45, 7) is 3.02. The van der Waals surface area contributed by atoms with E-state index in [1.165, 1.54) is 0 Å². The van der Waals surface area contributed by atoms with Crippen molar-refractivity contribution in [2.75, 3.05) is 50.1 Å². The van der Waals surface area contributed by atoms with Crippen LogP contribution in [0.1, 0.15) is 10.4 Å². The van der Waals surface area contributed by atoms with Gasteiger partial charge in [-0.05, 0) is 60.7 Å². The maximum absolute atomic E-state index is 13.3. The van der Waals surface area contributed by atoms with E-state index < -0.39 is 0 Å². The fourth-order valence-corrected chi connectivity index (χ4v) is 4.33. The number of hydrogen-bond donors (Lipinski definition) is 0. The lowest BCUT2D eigenvalue weighted by Gasteiger charge is -2.36. The van der Waals surface area contributed by atoms with Gasteiger partial charge in [0.15, 0.2) is 0 Å². The van der Waals surface area contributed by atoms with Gasteiger partial charge in [0.1, 0.15) is 11.6 Å². The van der Waals surface area contributed by atoms with Crippen LogP contribution in [-0.2, 0) is 0 Å². The van der Waals surface area contributed by atoms with Crippen LogP contribution in [0.2, 0.25) is 0 Å². The van der Waals surface area contributed by atoms with E-state index in [9.17, 15) is 4.79 Å². The minimum absolute atomic E-state index is 0.0676. The minimum atomic E-state index is 0.0676. The number of carbonyl (C=O) groups excluding carboxylic acids is 1. The summed E-state index contributed by atoms with van der Waals surface area (Å²) in [7, 11) is 3.69. The van der Waals surface area contributed by atoms with Crippen LogP contribution < -0.4 is 14.5 Å². The Labute approximate surface area is 193 Å². The number of nitrogens with zero attached hydrogens (tertiary/aromatic N) is 5. The van der Waals surface area contributed by atoms with Crippen LogP contribution in [0.3, 0.4) is 0 Å². The predicted molar refractivity (Wildman–Crippen MR) is 131 cm³/mol. The summed E-state index contributed by atoms with van der Waals surface area (Å²) in [6.07, 6.45) is 5.56. The van der Waals surface area contributed by atoms with E-state index in [4.69, 9.17) is 4.74 Å². The molecule has 33 heavy (non-hydrogen) atoms. The van der Waals surface area contributed by atoms with Gasteiger partial charge < -0.3 is 23.8 Å². The molecule has 4 aromatic rings. The number of pyridine rings is 2. The molecule has 1 aromatic carbocycles. The van der Waals surface area contributed by atoms with Crippen molar-refractivity contribution in [2.24, 2.45) is 0 Å². The van der Waals surface area contributed by atoms with E-state index in [1.807, 2.05) is 66.7 Å². The van der Waals surface area contributed by atoms with Crippen molar-refractivity contribution < 1.29 is 9.53 Å². The monoisotopic (exact) mass is 441 g/mol. The van der Waals surface area contributed by atoms with Crippen LogP contribution in [0.15, 0.2) is 79.3 Å². The summed E-state index contributed by atoms with van der Waals surface area (Å²) in [6, 6.07) is 20.0. The first-order chi connectivity index (χ1) is 16.1. The highest BCUT2D eigenvalue weighted by Gasteiger charge is 2.23. The third-order valence-electron chi connectivity index (χ3n) is 6.28. The zero-order valence-corrected chi connectivity index (χ0v) is 18.9. The molecule has 5 rings (SSSR count). The third-order valence-corrected chi connectivity index (χ3v) is 6.28. The molecule has 0 aliphatic carbocycles. The standard InChI is InChI=1S/C26H27N5O2/c1-28(21-5-8-24(33-2)9-6-21)25-10-7-23-4-3-20(19-31(23)25)26(32)30-17-15-29(16-18-30)22-11-13-27-14-12-22/h3-14,19H,15-18H2,1-2H3. The highest BCUT2D eigenvalue weighted by atomic mass is 16.5. The number of ether oxygens (including phenoxy) is 1. The van der Waals surface area contributed by atoms with E-state index in [0.717, 1.165) is 41.5 Å². The topological polar surface area (TPSA) is 53.3 Å². The predicted octanol–water partition coefficient (Wildman–Crippen LogP) is 4.07. The first-order valence-electron chi connectivity index (χ1n) is 11.1. The number of benzene rings is 1. The molecule has 3 aromatic heterocycles. The Hall–Kier alpha value is -4.00. The molecule has 7 heteroatoms. The molecular weight excluding hydrogens is 414 g/mol. The molecule has 0 saturated carbocycles.